The lowest BCUT2D eigenvalue weighted by Crippen LogP contribution is -1.95. The SMILES string of the molecule is COc1ccc2oc(CCC(=O)O)cc2c1. The van der Waals surface area contributed by atoms with Gasteiger partial charge in [0.1, 0.15) is 17.1 Å². The molecule has 0 aliphatic carbocycles. The summed E-state index contributed by atoms with van der Waals surface area (Å²) in [7, 11) is 1.60. The molecule has 84 valence electrons. The van der Waals surface area contributed by atoms with Gasteiger partial charge in [-0.05, 0) is 24.3 Å². The topological polar surface area (TPSA) is 59.7 Å². The van der Waals surface area contributed by atoms with Crippen LogP contribution in [0.1, 0.15) is 12.2 Å². The molecule has 4 nitrogen and oxygen atoms in total. The van der Waals surface area contributed by atoms with Crippen LogP contribution in [0.2, 0.25) is 0 Å². The van der Waals surface area contributed by atoms with Crippen LogP contribution in [0, 0.1) is 0 Å². The number of aliphatic carboxylic acids is 1. The number of methoxy groups -OCH3 is 1. The molecule has 1 heterocycles. The molecule has 0 fully saturated rings. The molecule has 0 saturated heterocycles. The van der Waals surface area contributed by atoms with E-state index in [9.17, 15) is 4.79 Å². The lowest BCUT2D eigenvalue weighted by Gasteiger charge is -1.96. The van der Waals surface area contributed by atoms with Crippen molar-refractivity contribution in [2.24, 2.45) is 0 Å². The van der Waals surface area contributed by atoms with Gasteiger partial charge in [0.25, 0.3) is 0 Å². The summed E-state index contributed by atoms with van der Waals surface area (Å²) in [6.07, 6.45) is 0.489. The second kappa shape index (κ2) is 4.26. The Labute approximate surface area is 92.4 Å². The molecule has 0 aliphatic rings. The normalized spacial score (nSPS) is 10.6. The molecule has 0 radical (unpaired) electrons. The average Bonchev–Trinajstić information content (AvgIpc) is 2.67. The van der Waals surface area contributed by atoms with Crippen LogP contribution in [-0.2, 0) is 11.2 Å². The van der Waals surface area contributed by atoms with Crippen molar-refractivity contribution in [2.75, 3.05) is 7.11 Å². The molecule has 1 N–H and O–H groups in total. The van der Waals surface area contributed by atoms with Gasteiger partial charge in [-0.1, -0.05) is 0 Å². The quantitative estimate of drug-likeness (QED) is 0.859. The summed E-state index contributed by atoms with van der Waals surface area (Å²) in [6.45, 7) is 0. The minimum Gasteiger partial charge on any atom is -0.497 e. The summed E-state index contributed by atoms with van der Waals surface area (Å²) >= 11 is 0. The third-order valence-corrected chi connectivity index (χ3v) is 2.36. The van der Waals surface area contributed by atoms with E-state index in [1.165, 1.54) is 0 Å². The van der Waals surface area contributed by atoms with Crippen LogP contribution in [0.5, 0.6) is 5.75 Å². The van der Waals surface area contributed by atoms with Gasteiger partial charge in [-0.2, -0.15) is 0 Å². The summed E-state index contributed by atoms with van der Waals surface area (Å²) in [4.78, 5) is 10.4. The lowest BCUT2D eigenvalue weighted by atomic mass is 10.2. The van der Waals surface area contributed by atoms with E-state index in [0.717, 1.165) is 16.7 Å². The fourth-order valence-electron chi connectivity index (χ4n) is 1.56. The van der Waals surface area contributed by atoms with Gasteiger partial charge in [-0.3, -0.25) is 4.79 Å². The van der Waals surface area contributed by atoms with Crippen LogP contribution in [0.15, 0.2) is 28.7 Å². The molecule has 0 spiro atoms. The highest BCUT2D eigenvalue weighted by molar-refractivity contribution is 5.79. The number of hydrogen-bond donors (Lipinski definition) is 1. The highest BCUT2D eigenvalue weighted by Crippen LogP contribution is 2.24. The van der Waals surface area contributed by atoms with Crippen LogP contribution in [0.25, 0.3) is 11.0 Å². The highest BCUT2D eigenvalue weighted by atomic mass is 16.5. The number of hydrogen-bond acceptors (Lipinski definition) is 3. The number of furan rings is 1. The zero-order valence-electron chi connectivity index (χ0n) is 8.90. The Kier molecular flexibility index (Phi) is 2.81. The molecule has 0 aliphatic heterocycles. The molecule has 0 atom stereocenters. The van der Waals surface area contributed by atoms with Crippen LogP contribution < -0.4 is 4.74 Å². The Bertz CT molecular complexity index is 513. The van der Waals surface area contributed by atoms with E-state index >= 15 is 0 Å². The third kappa shape index (κ3) is 2.16. The Hall–Kier alpha value is -1.97. The van der Waals surface area contributed by atoms with Crippen LogP contribution in [-0.4, -0.2) is 18.2 Å². The van der Waals surface area contributed by atoms with E-state index in [1.54, 1.807) is 7.11 Å². The Morgan fingerprint density at radius 2 is 2.25 bits per heavy atom. The van der Waals surface area contributed by atoms with E-state index in [2.05, 4.69) is 0 Å². The van der Waals surface area contributed by atoms with Crippen LogP contribution in [0.3, 0.4) is 0 Å². The molecule has 1 aromatic carbocycles. The van der Waals surface area contributed by atoms with Crippen molar-refractivity contribution in [2.45, 2.75) is 12.8 Å². The summed E-state index contributed by atoms with van der Waals surface area (Å²) < 4.78 is 10.6. The lowest BCUT2D eigenvalue weighted by molar-refractivity contribution is -0.137. The van der Waals surface area contributed by atoms with Gasteiger partial charge >= 0.3 is 5.97 Å². The molecule has 0 bridgehead atoms. The van der Waals surface area contributed by atoms with Gasteiger partial charge in [0.15, 0.2) is 0 Å². The first-order chi connectivity index (χ1) is 7.69. The summed E-state index contributed by atoms with van der Waals surface area (Å²) in [5.74, 6) is 0.627. The maximum absolute atomic E-state index is 10.4. The number of carboxylic acids is 1. The Morgan fingerprint density at radius 3 is 2.94 bits per heavy atom. The molecule has 1 aromatic heterocycles. The largest absolute Gasteiger partial charge is 0.497 e. The number of ether oxygens (including phenoxy) is 1. The van der Waals surface area contributed by atoms with E-state index in [-0.39, 0.29) is 6.42 Å². The van der Waals surface area contributed by atoms with Gasteiger partial charge in [-0.15, -0.1) is 0 Å². The molecule has 2 aromatic rings. The standard InChI is InChI=1S/C12H12O4/c1-15-9-2-4-11-8(6-9)7-10(16-11)3-5-12(13)14/h2,4,6-7H,3,5H2,1H3,(H,13,14). The van der Waals surface area contributed by atoms with Gasteiger partial charge in [0.05, 0.1) is 13.5 Å². The van der Waals surface area contributed by atoms with Crippen molar-refractivity contribution in [3.8, 4) is 5.75 Å². The number of aryl methyl sites for hydroxylation is 1. The van der Waals surface area contributed by atoms with Gasteiger partial charge in [-0.25, -0.2) is 0 Å². The predicted molar refractivity (Wildman–Crippen MR) is 58.7 cm³/mol. The van der Waals surface area contributed by atoms with Crippen molar-refractivity contribution in [1.29, 1.82) is 0 Å². The Morgan fingerprint density at radius 1 is 1.44 bits per heavy atom. The Balaban J connectivity index is 2.25. The van der Waals surface area contributed by atoms with E-state index in [0.29, 0.717) is 12.2 Å². The van der Waals surface area contributed by atoms with Crippen molar-refractivity contribution in [3.63, 3.8) is 0 Å². The van der Waals surface area contributed by atoms with Crippen LogP contribution in [0.4, 0.5) is 0 Å². The third-order valence-electron chi connectivity index (χ3n) is 2.36. The second-order valence-electron chi connectivity index (χ2n) is 3.51. The fourth-order valence-corrected chi connectivity index (χ4v) is 1.56. The summed E-state index contributed by atoms with van der Waals surface area (Å²) in [5, 5.41) is 9.50. The van der Waals surface area contributed by atoms with Crippen molar-refractivity contribution in [3.05, 3.63) is 30.0 Å². The number of carbonyl (C=O) groups is 1. The zero-order valence-corrected chi connectivity index (χ0v) is 8.90. The first-order valence-corrected chi connectivity index (χ1v) is 4.97. The monoisotopic (exact) mass is 220 g/mol. The van der Waals surface area contributed by atoms with Gasteiger partial charge in [0.2, 0.25) is 0 Å². The first-order valence-electron chi connectivity index (χ1n) is 4.97. The van der Waals surface area contributed by atoms with E-state index < -0.39 is 5.97 Å². The number of rotatable bonds is 4. The van der Waals surface area contributed by atoms with Crippen molar-refractivity contribution >= 4 is 16.9 Å². The molecule has 16 heavy (non-hydrogen) atoms. The minimum absolute atomic E-state index is 0.0803. The predicted octanol–water partition coefficient (Wildman–Crippen LogP) is 2.46. The van der Waals surface area contributed by atoms with Crippen molar-refractivity contribution < 1.29 is 19.1 Å². The number of benzene rings is 1. The zero-order chi connectivity index (χ0) is 11.5. The molecule has 0 unspecified atom stereocenters. The second-order valence-corrected chi connectivity index (χ2v) is 3.51. The molecular formula is C12H12O4. The van der Waals surface area contributed by atoms with Crippen LogP contribution >= 0.6 is 0 Å². The van der Waals surface area contributed by atoms with Gasteiger partial charge < -0.3 is 14.3 Å². The molecule has 4 heteroatoms. The molecule has 0 saturated carbocycles. The number of carboxylic acid groups (broad SMARTS) is 1. The molecule has 2 rings (SSSR count). The summed E-state index contributed by atoms with van der Waals surface area (Å²) in [5.41, 5.74) is 0.751. The smallest absolute Gasteiger partial charge is 0.303 e. The molecular weight excluding hydrogens is 208 g/mol. The fraction of sp³-hybridized carbons (Fsp3) is 0.250. The maximum atomic E-state index is 10.4. The highest BCUT2D eigenvalue weighted by Gasteiger charge is 2.06. The minimum atomic E-state index is -0.821. The van der Waals surface area contributed by atoms with E-state index in [1.807, 2.05) is 24.3 Å². The maximum Gasteiger partial charge on any atom is 0.303 e. The number of fused-ring (bicyclic) bond motifs is 1. The summed E-state index contributed by atoms with van der Waals surface area (Å²) in [6, 6.07) is 7.34. The van der Waals surface area contributed by atoms with Crippen molar-refractivity contribution in [1.82, 2.24) is 0 Å². The van der Waals surface area contributed by atoms with Gasteiger partial charge in [0, 0.05) is 11.8 Å². The molecule has 0 amide bonds. The van der Waals surface area contributed by atoms with E-state index in [4.69, 9.17) is 14.3 Å². The first kappa shape index (κ1) is 10.5. The average molecular weight is 220 g/mol.